The number of nitrogens with zero attached hydrogens (tertiary/aromatic N) is 2. The zero-order chi connectivity index (χ0) is 27.0. The number of unbranched alkanes of at least 4 members (excludes halogenated alkanes) is 9. The molecule has 0 spiro atoms. The van der Waals surface area contributed by atoms with Gasteiger partial charge in [0.2, 0.25) is 5.04 Å². The highest BCUT2D eigenvalue weighted by Gasteiger charge is 2.38. The summed E-state index contributed by atoms with van der Waals surface area (Å²) in [6, 6.07) is 4.26. The van der Waals surface area contributed by atoms with Gasteiger partial charge >= 0.3 is 11.9 Å². The van der Waals surface area contributed by atoms with Crippen molar-refractivity contribution >= 4 is 34.4 Å². The number of aryl methyl sites for hydroxylation is 3. The van der Waals surface area contributed by atoms with Gasteiger partial charge in [-0.1, -0.05) is 113 Å². The predicted octanol–water partition coefficient (Wildman–Crippen LogP) is 8.13. The Morgan fingerprint density at radius 2 is 1.36 bits per heavy atom. The molecule has 0 aromatic heterocycles. The second-order valence-electron chi connectivity index (χ2n) is 9.77. The fraction of sp³-hybridized carbons (Fsp3) is 0.700. The summed E-state index contributed by atoms with van der Waals surface area (Å²) in [5.74, 6) is 0.231. The van der Waals surface area contributed by atoms with E-state index in [0.717, 1.165) is 48.3 Å². The number of quaternary nitrogens is 1. The lowest BCUT2D eigenvalue weighted by molar-refractivity contribution is -0.134. The van der Waals surface area contributed by atoms with Gasteiger partial charge in [-0.3, -0.25) is 0 Å². The molecule has 204 valence electrons. The van der Waals surface area contributed by atoms with E-state index in [4.69, 9.17) is 9.84 Å². The smallest absolute Gasteiger partial charge is 0.369 e. The third kappa shape index (κ3) is 10.4. The highest BCUT2D eigenvalue weighted by atomic mass is 32.2. The van der Waals surface area contributed by atoms with Crippen LogP contribution in [0, 0.1) is 6.92 Å². The predicted molar refractivity (Wildman–Crippen MR) is 157 cm³/mol. The Labute approximate surface area is 225 Å². The van der Waals surface area contributed by atoms with Crippen LogP contribution in [0.15, 0.2) is 17.2 Å². The molecule has 0 bridgehead atoms. The van der Waals surface area contributed by atoms with Crippen LogP contribution in [0.1, 0.15) is 116 Å². The Kier molecular flexibility index (Phi) is 15.9. The van der Waals surface area contributed by atoms with Crippen LogP contribution in [-0.2, 0) is 27.2 Å². The van der Waals surface area contributed by atoms with Gasteiger partial charge in [-0.2, -0.15) is 0 Å². The number of hydrogen-bond acceptors (Lipinski definition) is 5. The first kappa shape index (κ1) is 32.4. The average molecular weight is 520 g/mol. The summed E-state index contributed by atoms with van der Waals surface area (Å²) >= 11 is 1.42. The van der Waals surface area contributed by atoms with Crippen LogP contribution in [0.25, 0.3) is 0 Å². The van der Waals surface area contributed by atoms with Gasteiger partial charge in [-0.05, 0) is 38.9 Å². The number of hydrogen-bond donors (Lipinski definition) is 0. The number of amides is 1. The molecule has 0 radical (unpaired) electrons. The van der Waals surface area contributed by atoms with Crippen LogP contribution < -0.4 is 4.59 Å². The maximum absolute atomic E-state index is 13.1. The summed E-state index contributed by atoms with van der Waals surface area (Å²) in [5.41, 5.74) is 4.25. The molecule has 0 saturated carbocycles. The Hall–Kier alpha value is -1.66. The van der Waals surface area contributed by atoms with E-state index in [-0.39, 0.29) is 22.1 Å². The van der Waals surface area contributed by atoms with E-state index in [1.54, 1.807) is 20.9 Å². The Bertz CT molecular complexity index is 828. The lowest BCUT2D eigenvalue weighted by Gasteiger charge is -2.28. The molecule has 1 unspecified atom stereocenters. The summed E-state index contributed by atoms with van der Waals surface area (Å²) in [4.78, 5) is 25.9. The first-order chi connectivity index (χ1) is 17.2. The van der Waals surface area contributed by atoms with E-state index < -0.39 is 5.97 Å². The van der Waals surface area contributed by atoms with E-state index in [1.807, 2.05) is 0 Å². The molecule has 0 aliphatic heterocycles. The highest BCUT2D eigenvalue weighted by Crippen LogP contribution is 2.34. The van der Waals surface area contributed by atoms with Crippen LogP contribution >= 0.6 is 11.8 Å². The van der Waals surface area contributed by atoms with Crippen molar-refractivity contribution in [1.29, 1.82) is 0 Å². The van der Waals surface area contributed by atoms with Crippen molar-refractivity contribution in [1.82, 2.24) is 4.59 Å². The molecular weight excluding hydrogens is 468 g/mol. The summed E-state index contributed by atoms with van der Waals surface area (Å²) in [5, 5.41) is 5.11. The average Bonchev–Trinajstić information content (AvgIpc) is 2.85. The van der Waals surface area contributed by atoms with Crippen LogP contribution in [0.2, 0.25) is 0 Å². The monoisotopic (exact) mass is 519 g/mol. The van der Waals surface area contributed by atoms with Gasteiger partial charge in [0.1, 0.15) is 7.05 Å². The molecule has 0 aliphatic carbocycles. The molecule has 0 N–H and O–H groups in total. The van der Waals surface area contributed by atoms with Crippen LogP contribution in [-0.4, -0.2) is 36.3 Å². The maximum Gasteiger partial charge on any atom is 0.369 e. The zero-order valence-electron chi connectivity index (χ0n) is 24.1. The van der Waals surface area contributed by atoms with E-state index in [9.17, 15) is 9.59 Å². The van der Waals surface area contributed by atoms with Gasteiger partial charge in [-0.15, -0.1) is 4.59 Å². The fourth-order valence-electron chi connectivity index (χ4n) is 4.57. The molecule has 1 amide bonds. The Balaban J connectivity index is 2.97. The summed E-state index contributed by atoms with van der Waals surface area (Å²) < 4.78 is 5.06. The second-order valence-corrected chi connectivity index (χ2v) is 10.9. The van der Waals surface area contributed by atoms with Crippen LogP contribution in [0.3, 0.4) is 0 Å². The fourth-order valence-corrected chi connectivity index (χ4v) is 5.51. The van der Waals surface area contributed by atoms with Crippen LogP contribution in [0.4, 0.5) is 5.69 Å². The molecular formula is C30H51N2O3S+. The molecule has 0 fully saturated rings. The molecule has 0 aliphatic rings. The van der Waals surface area contributed by atoms with Crippen molar-refractivity contribution in [3.05, 3.63) is 28.8 Å². The topological polar surface area (TPSA) is 55.7 Å². The zero-order valence-corrected chi connectivity index (χ0v) is 24.9. The number of rotatable bonds is 16. The number of carbonyl (C=O) groups is 2. The minimum atomic E-state index is -0.441. The first-order valence-electron chi connectivity index (χ1n) is 14.2. The van der Waals surface area contributed by atoms with E-state index in [1.165, 1.54) is 68.7 Å². The van der Waals surface area contributed by atoms with Crippen molar-refractivity contribution in [2.75, 3.05) is 19.4 Å². The molecule has 6 heteroatoms. The lowest BCUT2D eigenvalue weighted by atomic mass is 9.98. The Morgan fingerprint density at radius 3 is 1.81 bits per heavy atom. The van der Waals surface area contributed by atoms with E-state index in [2.05, 4.69) is 39.8 Å². The summed E-state index contributed by atoms with van der Waals surface area (Å²) in [6.07, 6.45) is 14.3. The highest BCUT2D eigenvalue weighted by molar-refractivity contribution is 8.15. The lowest BCUT2D eigenvalue weighted by Crippen LogP contribution is -2.46. The number of ether oxygens (including phenoxy) is 1. The summed E-state index contributed by atoms with van der Waals surface area (Å²) in [6.45, 7) is 12.2. The minimum absolute atomic E-state index is 0.121. The molecule has 1 aromatic rings. The SMILES string of the molecule is CCCCCCCCCCCCSC(=N[N+](C)(C(C)=O)c1c(CC)cc(C)cc1CC)C(=O)OCC. The number of benzene rings is 1. The van der Waals surface area contributed by atoms with E-state index >= 15 is 0 Å². The van der Waals surface area contributed by atoms with Crippen molar-refractivity contribution < 1.29 is 14.3 Å². The molecule has 1 aromatic carbocycles. The van der Waals surface area contributed by atoms with E-state index in [0.29, 0.717) is 0 Å². The third-order valence-corrected chi connectivity index (χ3v) is 7.71. The third-order valence-electron chi connectivity index (χ3n) is 6.70. The Morgan fingerprint density at radius 1 is 0.861 bits per heavy atom. The standard InChI is InChI=1S/C30H51N2O3S/c1-8-12-13-14-15-16-17-18-19-20-21-36-29(30(34)35-11-4)31-32(7,25(6)33)28-26(9-2)22-24(5)23-27(28)10-3/h22-23H,8-21H2,1-7H3/q+1. The molecule has 1 rings (SSSR count). The van der Waals surface area contributed by atoms with Gasteiger partial charge in [0.15, 0.2) is 5.69 Å². The van der Waals surface area contributed by atoms with Gasteiger partial charge in [0, 0.05) is 11.1 Å². The largest absolute Gasteiger partial charge is 0.461 e. The van der Waals surface area contributed by atoms with Gasteiger partial charge < -0.3 is 4.74 Å². The molecule has 1 atom stereocenters. The quantitative estimate of drug-likeness (QED) is 0.0552. The van der Waals surface area contributed by atoms with Gasteiger partial charge in [-0.25, -0.2) is 9.59 Å². The molecule has 0 heterocycles. The number of carbonyl (C=O) groups excluding carboxylic acids is 2. The van der Waals surface area contributed by atoms with Gasteiger partial charge in [0.05, 0.1) is 13.5 Å². The van der Waals surface area contributed by atoms with Gasteiger partial charge in [0.25, 0.3) is 0 Å². The van der Waals surface area contributed by atoms with Crippen molar-refractivity contribution in [2.45, 2.75) is 119 Å². The molecule has 0 saturated heterocycles. The van der Waals surface area contributed by atoms with Crippen molar-refractivity contribution in [3.63, 3.8) is 0 Å². The second kappa shape index (κ2) is 17.7. The number of thioether (sulfide) groups is 1. The number of esters is 1. The first-order valence-corrected chi connectivity index (χ1v) is 15.1. The van der Waals surface area contributed by atoms with Crippen molar-refractivity contribution in [2.24, 2.45) is 5.10 Å². The maximum atomic E-state index is 13.1. The van der Waals surface area contributed by atoms with Crippen LogP contribution in [0.5, 0.6) is 0 Å². The minimum Gasteiger partial charge on any atom is -0.461 e. The molecule has 5 nitrogen and oxygen atoms in total. The normalized spacial score (nSPS) is 13.5. The molecule has 36 heavy (non-hydrogen) atoms. The van der Waals surface area contributed by atoms with Crippen molar-refractivity contribution in [3.8, 4) is 0 Å². The summed E-state index contributed by atoms with van der Waals surface area (Å²) in [7, 11) is 1.80.